The molecule has 4 rings (SSSR count). The van der Waals surface area contributed by atoms with Crippen molar-refractivity contribution in [3.63, 3.8) is 0 Å². The summed E-state index contributed by atoms with van der Waals surface area (Å²) in [7, 11) is -4.15. The largest absolute Gasteiger partial charge is 0.338 e. The van der Waals surface area contributed by atoms with E-state index in [4.69, 9.17) is 4.52 Å². The Kier molecular flexibility index (Phi) is 5.82. The summed E-state index contributed by atoms with van der Waals surface area (Å²) in [6.45, 7) is 2.82. The van der Waals surface area contributed by atoms with Gasteiger partial charge in [0.25, 0.3) is 0 Å². The molecule has 1 fully saturated rings. The maximum Gasteiger partial charge on any atom is 0.246 e. The molecule has 7 nitrogen and oxygen atoms in total. The Morgan fingerprint density at radius 3 is 2.45 bits per heavy atom. The zero-order valence-electron chi connectivity index (χ0n) is 16.6. The molecule has 0 spiro atoms. The second-order valence-electron chi connectivity index (χ2n) is 7.23. The van der Waals surface area contributed by atoms with Crippen molar-refractivity contribution >= 4 is 10.0 Å². The second-order valence-corrected chi connectivity index (χ2v) is 9.14. The summed E-state index contributed by atoms with van der Waals surface area (Å²) in [5.74, 6) is -1.61. The molecule has 1 aliphatic rings. The number of sulfonamides is 1. The number of hydrogen-bond acceptors (Lipinski definition) is 6. The van der Waals surface area contributed by atoms with E-state index in [2.05, 4.69) is 10.1 Å². The van der Waals surface area contributed by atoms with Gasteiger partial charge in [0.1, 0.15) is 22.3 Å². The first-order chi connectivity index (χ1) is 14.7. The summed E-state index contributed by atoms with van der Waals surface area (Å²) in [6.07, 6.45) is 0. The minimum atomic E-state index is -4.15. The summed E-state index contributed by atoms with van der Waals surface area (Å²) in [5.41, 5.74) is 1.00. The van der Waals surface area contributed by atoms with Crippen LogP contribution >= 0.6 is 0 Å². The topological polar surface area (TPSA) is 79.5 Å². The Bertz CT molecular complexity index is 1210. The molecule has 2 aromatic carbocycles. The van der Waals surface area contributed by atoms with Gasteiger partial charge >= 0.3 is 0 Å². The number of halogens is 3. The van der Waals surface area contributed by atoms with E-state index in [0.29, 0.717) is 36.2 Å². The van der Waals surface area contributed by atoms with Crippen LogP contribution in [0.1, 0.15) is 11.5 Å². The van der Waals surface area contributed by atoms with Crippen molar-refractivity contribution in [2.75, 3.05) is 26.2 Å². The standard InChI is InChI=1S/C20H19F3N4O3S/c1-13-2-3-14(10-17(13)23)20-24-19(30-25-20)12-26-6-8-27(9-7-26)31(28,29)18-11-15(21)4-5-16(18)22/h2-5,10-11H,6-9,12H2,1H3. The Balaban J connectivity index is 1.40. The van der Waals surface area contributed by atoms with E-state index in [-0.39, 0.29) is 31.3 Å². The summed E-state index contributed by atoms with van der Waals surface area (Å²) in [4.78, 5) is 5.50. The predicted octanol–water partition coefficient (Wildman–Crippen LogP) is 2.97. The maximum atomic E-state index is 13.9. The number of nitrogens with zero attached hydrogens (tertiary/aromatic N) is 4. The van der Waals surface area contributed by atoms with Gasteiger partial charge in [-0.15, -0.1) is 0 Å². The van der Waals surface area contributed by atoms with E-state index in [1.54, 1.807) is 19.1 Å². The van der Waals surface area contributed by atoms with Crippen molar-refractivity contribution in [3.05, 3.63) is 65.3 Å². The van der Waals surface area contributed by atoms with E-state index >= 15 is 0 Å². The van der Waals surface area contributed by atoms with Gasteiger partial charge in [-0.2, -0.15) is 9.29 Å². The van der Waals surface area contributed by atoms with Gasteiger partial charge < -0.3 is 4.52 Å². The van der Waals surface area contributed by atoms with Gasteiger partial charge in [0.05, 0.1) is 6.54 Å². The lowest BCUT2D eigenvalue weighted by molar-refractivity contribution is 0.163. The molecule has 0 aliphatic carbocycles. The Hall–Kier alpha value is -2.76. The number of aromatic nitrogens is 2. The van der Waals surface area contributed by atoms with E-state index in [1.807, 2.05) is 4.90 Å². The lowest BCUT2D eigenvalue weighted by Crippen LogP contribution is -2.48. The molecule has 1 aromatic heterocycles. The van der Waals surface area contributed by atoms with Crippen molar-refractivity contribution in [2.45, 2.75) is 18.4 Å². The highest BCUT2D eigenvalue weighted by atomic mass is 32.2. The molecule has 0 bridgehead atoms. The van der Waals surface area contributed by atoms with Gasteiger partial charge in [-0.05, 0) is 36.8 Å². The van der Waals surface area contributed by atoms with E-state index in [1.165, 1.54) is 6.07 Å². The zero-order chi connectivity index (χ0) is 22.2. The number of benzene rings is 2. The van der Waals surface area contributed by atoms with Gasteiger partial charge in [0.15, 0.2) is 0 Å². The first kappa shape index (κ1) is 21.5. The average molecular weight is 452 g/mol. The fourth-order valence-corrected chi connectivity index (χ4v) is 4.80. The molecule has 0 unspecified atom stereocenters. The van der Waals surface area contributed by atoms with Gasteiger partial charge in [0.2, 0.25) is 21.7 Å². The van der Waals surface area contributed by atoms with Crippen molar-refractivity contribution < 1.29 is 26.1 Å². The van der Waals surface area contributed by atoms with Crippen LogP contribution in [0.3, 0.4) is 0 Å². The third-order valence-electron chi connectivity index (χ3n) is 5.10. The van der Waals surface area contributed by atoms with Crippen LogP contribution in [-0.2, 0) is 16.6 Å². The SMILES string of the molecule is Cc1ccc(-c2noc(CN3CCN(S(=O)(=O)c4cc(F)ccc4F)CC3)n2)cc1F. The van der Waals surface area contributed by atoms with E-state index < -0.39 is 26.6 Å². The molecule has 0 saturated carbocycles. The normalized spacial score (nSPS) is 16.0. The quantitative estimate of drug-likeness (QED) is 0.592. The molecule has 3 aromatic rings. The second kappa shape index (κ2) is 8.40. The van der Waals surface area contributed by atoms with Crippen molar-refractivity contribution in [1.82, 2.24) is 19.3 Å². The molecule has 1 saturated heterocycles. The third kappa shape index (κ3) is 4.48. The Morgan fingerprint density at radius 1 is 1.00 bits per heavy atom. The fourth-order valence-electron chi connectivity index (χ4n) is 3.30. The van der Waals surface area contributed by atoms with Crippen LogP contribution in [0.2, 0.25) is 0 Å². The monoisotopic (exact) mass is 452 g/mol. The lowest BCUT2D eigenvalue weighted by Gasteiger charge is -2.33. The van der Waals surface area contributed by atoms with Crippen LogP contribution in [0.4, 0.5) is 13.2 Å². The molecule has 31 heavy (non-hydrogen) atoms. The van der Waals surface area contributed by atoms with Crippen LogP contribution in [0, 0.1) is 24.4 Å². The van der Waals surface area contributed by atoms with Crippen LogP contribution in [0.15, 0.2) is 45.8 Å². The molecule has 0 amide bonds. The summed E-state index contributed by atoms with van der Waals surface area (Å²) in [6, 6.07) is 7.01. The maximum absolute atomic E-state index is 13.9. The molecule has 0 radical (unpaired) electrons. The number of hydrogen-bond donors (Lipinski definition) is 0. The number of rotatable bonds is 5. The minimum Gasteiger partial charge on any atom is -0.338 e. The van der Waals surface area contributed by atoms with Crippen molar-refractivity contribution in [2.24, 2.45) is 0 Å². The Morgan fingerprint density at radius 2 is 1.74 bits per heavy atom. The highest BCUT2D eigenvalue weighted by molar-refractivity contribution is 7.89. The van der Waals surface area contributed by atoms with Crippen LogP contribution in [0.5, 0.6) is 0 Å². The average Bonchev–Trinajstić information content (AvgIpc) is 3.20. The highest BCUT2D eigenvalue weighted by Crippen LogP contribution is 2.23. The van der Waals surface area contributed by atoms with Crippen molar-refractivity contribution in [1.29, 1.82) is 0 Å². The highest BCUT2D eigenvalue weighted by Gasteiger charge is 2.31. The fraction of sp³-hybridized carbons (Fsp3) is 0.300. The molecule has 164 valence electrons. The first-order valence-electron chi connectivity index (χ1n) is 9.51. The van der Waals surface area contributed by atoms with Gasteiger partial charge in [-0.25, -0.2) is 21.6 Å². The molecule has 11 heteroatoms. The summed E-state index contributed by atoms with van der Waals surface area (Å²) >= 11 is 0. The lowest BCUT2D eigenvalue weighted by atomic mass is 10.1. The van der Waals surface area contributed by atoms with Gasteiger partial charge in [-0.3, -0.25) is 4.90 Å². The Labute approximate surface area is 177 Å². The first-order valence-corrected chi connectivity index (χ1v) is 10.9. The smallest absolute Gasteiger partial charge is 0.246 e. The molecule has 0 N–H and O–H groups in total. The molecule has 1 aliphatic heterocycles. The summed E-state index contributed by atoms with van der Waals surface area (Å²) < 4.78 is 72.8. The van der Waals surface area contributed by atoms with Crippen molar-refractivity contribution in [3.8, 4) is 11.4 Å². The molecular formula is C20H19F3N4O3S. The van der Waals surface area contributed by atoms with Crippen LogP contribution < -0.4 is 0 Å². The predicted molar refractivity (Wildman–Crippen MR) is 105 cm³/mol. The van der Waals surface area contributed by atoms with Crippen LogP contribution in [-0.4, -0.2) is 53.9 Å². The third-order valence-corrected chi connectivity index (χ3v) is 7.01. The minimum absolute atomic E-state index is 0.0997. The van der Waals surface area contributed by atoms with Crippen LogP contribution in [0.25, 0.3) is 11.4 Å². The molecular weight excluding hydrogens is 433 g/mol. The van der Waals surface area contributed by atoms with E-state index in [9.17, 15) is 21.6 Å². The molecule has 0 atom stereocenters. The van der Waals surface area contributed by atoms with Gasteiger partial charge in [-0.1, -0.05) is 17.3 Å². The zero-order valence-corrected chi connectivity index (χ0v) is 17.4. The number of aryl methyl sites for hydroxylation is 1. The molecule has 2 heterocycles. The van der Waals surface area contributed by atoms with E-state index in [0.717, 1.165) is 16.4 Å². The summed E-state index contributed by atoms with van der Waals surface area (Å²) in [5, 5.41) is 3.87. The number of piperazine rings is 1. The van der Waals surface area contributed by atoms with Gasteiger partial charge in [0, 0.05) is 31.7 Å².